The van der Waals surface area contributed by atoms with Gasteiger partial charge in [0.25, 0.3) is 0 Å². The third-order valence-electron chi connectivity index (χ3n) is 6.61. The average Bonchev–Trinajstić information content (AvgIpc) is 3.22. The Bertz CT molecular complexity index is 1390. The molecule has 0 spiro atoms. The Morgan fingerprint density at radius 1 is 0.667 bits per heavy atom. The van der Waals surface area contributed by atoms with Gasteiger partial charge >= 0.3 is 11.9 Å². The van der Waals surface area contributed by atoms with Gasteiger partial charge in [0, 0.05) is 5.57 Å². The summed E-state index contributed by atoms with van der Waals surface area (Å²) < 4.78 is 10.3. The molecular formula is C32H26O4. The molecule has 0 saturated heterocycles. The van der Waals surface area contributed by atoms with Gasteiger partial charge in [-0.2, -0.15) is 0 Å². The number of ether oxygens (including phenoxy) is 2. The molecule has 0 N–H and O–H groups in total. The molecule has 0 heterocycles. The van der Waals surface area contributed by atoms with E-state index in [0.29, 0.717) is 11.1 Å². The number of benzene rings is 4. The fourth-order valence-electron chi connectivity index (χ4n) is 5.04. The van der Waals surface area contributed by atoms with Crippen molar-refractivity contribution in [1.82, 2.24) is 0 Å². The van der Waals surface area contributed by atoms with Crippen molar-refractivity contribution in [3.05, 3.63) is 143 Å². The van der Waals surface area contributed by atoms with Crippen LogP contribution in [0.5, 0.6) is 0 Å². The average molecular weight is 475 g/mol. The molecule has 0 aromatic heterocycles. The van der Waals surface area contributed by atoms with Crippen molar-refractivity contribution in [2.45, 2.75) is 12.3 Å². The molecule has 0 fully saturated rings. The Kier molecular flexibility index (Phi) is 6.26. The van der Waals surface area contributed by atoms with Gasteiger partial charge in [-0.15, -0.1) is 0 Å². The van der Waals surface area contributed by atoms with Gasteiger partial charge in [0.2, 0.25) is 0 Å². The summed E-state index contributed by atoms with van der Waals surface area (Å²) in [6.07, 6.45) is 0. The van der Waals surface area contributed by atoms with Crippen molar-refractivity contribution < 1.29 is 19.1 Å². The van der Waals surface area contributed by atoms with E-state index in [1.807, 2.05) is 18.2 Å². The first-order valence-electron chi connectivity index (χ1n) is 11.9. The van der Waals surface area contributed by atoms with Crippen LogP contribution in [0.4, 0.5) is 0 Å². The maximum absolute atomic E-state index is 12.6. The standard InChI is InChI=1S/C32H26O4/c1-22(2)30(33)35-20-21-36-31(34)23-16-18-25(19-17-23)32(24-10-4-3-5-11-24)28-14-8-6-12-26(28)27-13-7-9-15-29(27)32/h3-19H,1,20-21H2,2H3. The van der Waals surface area contributed by atoms with E-state index in [9.17, 15) is 9.59 Å². The molecule has 0 amide bonds. The first-order chi connectivity index (χ1) is 17.5. The van der Waals surface area contributed by atoms with E-state index in [2.05, 4.69) is 79.4 Å². The zero-order valence-electron chi connectivity index (χ0n) is 20.1. The Hall–Kier alpha value is -4.44. The van der Waals surface area contributed by atoms with Crippen LogP contribution in [0.2, 0.25) is 0 Å². The first kappa shape index (κ1) is 23.3. The molecule has 0 radical (unpaired) electrons. The molecule has 1 aliphatic carbocycles. The summed E-state index contributed by atoms with van der Waals surface area (Å²) in [5.74, 6) is -0.965. The highest BCUT2D eigenvalue weighted by molar-refractivity contribution is 5.90. The van der Waals surface area contributed by atoms with Crippen molar-refractivity contribution in [1.29, 1.82) is 0 Å². The normalized spacial score (nSPS) is 12.8. The second-order valence-electron chi connectivity index (χ2n) is 8.84. The zero-order chi connectivity index (χ0) is 25.1. The molecule has 1 aliphatic rings. The summed E-state index contributed by atoms with van der Waals surface area (Å²) in [7, 11) is 0. The lowest BCUT2D eigenvalue weighted by Gasteiger charge is -2.33. The molecule has 0 unspecified atom stereocenters. The van der Waals surface area contributed by atoms with Crippen LogP contribution in [-0.2, 0) is 19.7 Å². The lowest BCUT2D eigenvalue weighted by molar-refractivity contribution is -0.140. The number of esters is 2. The molecule has 0 bridgehead atoms. The monoisotopic (exact) mass is 474 g/mol. The number of carbonyl (C=O) groups excluding carboxylic acids is 2. The van der Waals surface area contributed by atoms with Crippen molar-refractivity contribution >= 4 is 11.9 Å². The maximum atomic E-state index is 12.6. The second kappa shape index (κ2) is 9.67. The lowest BCUT2D eigenvalue weighted by Crippen LogP contribution is -2.28. The minimum Gasteiger partial charge on any atom is -0.459 e. The Balaban J connectivity index is 1.50. The van der Waals surface area contributed by atoms with Crippen LogP contribution in [0.15, 0.2) is 115 Å². The molecule has 4 nitrogen and oxygen atoms in total. The van der Waals surface area contributed by atoms with Crippen molar-refractivity contribution in [2.75, 3.05) is 13.2 Å². The molecule has 178 valence electrons. The molecule has 5 rings (SSSR count). The summed E-state index contributed by atoms with van der Waals surface area (Å²) in [5, 5.41) is 0. The van der Waals surface area contributed by atoms with Gasteiger partial charge in [-0.05, 0) is 52.4 Å². The molecule has 4 heteroatoms. The topological polar surface area (TPSA) is 52.6 Å². The van der Waals surface area contributed by atoms with Gasteiger partial charge < -0.3 is 9.47 Å². The van der Waals surface area contributed by atoms with Crippen LogP contribution in [-0.4, -0.2) is 25.2 Å². The first-order valence-corrected chi connectivity index (χ1v) is 11.9. The summed E-state index contributed by atoms with van der Waals surface area (Å²) >= 11 is 0. The molecule has 0 aliphatic heterocycles. The van der Waals surface area contributed by atoms with E-state index in [1.54, 1.807) is 19.1 Å². The predicted octanol–water partition coefficient (Wildman–Crippen LogP) is 6.33. The van der Waals surface area contributed by atoms with Crippen molar-refractivity contribution in [2.24, 2.45) is 0 Å². The quantitative estimate of drug-likeness (QED) is 0.157. The Morgan fingerprint density at radius 2 is 1.17 bits per heavy atom. The molecule has 0 saturated carbocycles. The highest BCUT2D eigenvalue weighted by Crippen LogP contribution is 2.55. The molecule has 4 aromatic carbocycles. The SMILES string of the molecule is C=C(C)C(=O)OCCOC(=O)c1ccc(C2(c3ccccc3)c3ccccc3-c3ccccc32)cc1. The third kappa shape index (κ3) is 3.91. The van der Waals surface area contributed by atoms with Gasteiger partial charge in [0.05, 0.1) is 11.0 Å². The summed E-state index contributed by atoms with van der Waals surface area (Å²) in [6, 6.07) is 35.1. The smallest absolute Gasteiger partial charge is 0.338 e. The Morgan fingerprint density at radius 3 is 1.75 bits per heavy atom. The number of fused-ring (bicyclic) bond motifs is 3. The largest absolute Gasteiger partial charge is 0.459 e. The van der Waals surface area contributed by atoms with Crippen LogP contribution in [0.3, 0.4) is 0 Å². The molecule has 4 aromatic rings. The number of hydrogen-bond donors (Lipinski definition) is 0. The number of rotatable bonds is 7. The van der Waals surface area contributed by atoms with E-state index in [0.717, 1.165) is 11.1 Å². The fraction of sp³-hybridized carbons (Fsp3) is 0.125. The van der Waals surface area contributed by atoms with Crippen LogP contribution in [0, 0.1) is 0 Å². The molecule has 36 heavy (non-hydrogen) atoms. The molecular weight excluding hydrogens is 448 g/mol. The van der Waals surface area contributed by atoms with Crippen LogP contribution in [0.1, 0.15) is 39.5 Å². The second-order valence-corrected chi connectivity index (χ2v) is 8.84. The van der Waals surface area contributed by atoms with E-state index >= 15 is 0 Å². The van der Waals surface area contributed by atoms with Gasteiger partial charge in [0.1, 0.15) is 13.2 Å². The van der Waals surface area contributed by atoms with Gasteiger partial charge in [-0.3, -0.25) is 0 Å². The molecule has 0 atom stereocenters. The predicted molar refractivity (Wildman–Crippen MR) is 140 cm³/mol. The highest BCUT2D eigenvalue weighted by Gasteiger charge is 2.45. The minimum absolute atomic E-state index is 0.0137. The zero-order valence-corrected chi connectivity index (χ0v) is 20.1. The third-order valence-corrected chi connectivity index (χ3v) is 6.61. The summed E-state index contributed by atoms with van der Waals surface area (Å²) in [6.45, 7) is 5.07. The van der Waals surface area contributed by atoms with Gasteiger partial charge in [-0.25, -0.2) is 9.59 Å². The summed E-state index contributed by atoms with van der Waals surface area (Å²) in [4.78, 5) is 24.1. The summed E-state index contributed by atoms with van der Waals surface area (Å²) in [5.41, 5.74) is 7.32. The highest BCUT2D eigenvalue weighted by atomic mass is 16.6. The van der Waals surface area contributed by atoms with Gasteiger partial charge in [-0.1, -0.05) is 97.6 Å². The van der Waals surface area contributed by atoms with Crippen LogP contribution >= 0.6 is 0 Å². The van der Waals surface area contributed by atoms with Crippen molar-refractivity contribution in [3.63, 3.8) is 0 Å². The lowest BCUT2D eigenvalue weighted by atomic mass is 9.67. The van der Waals surface area contributed by atoms with Gasteiger partial charge in [0.15, 0.2) is 0 Å². The van der Waals surface area contributed by atoms with E-state index < -0.39 is 17.4 Å². The Labute approximate surface area is 210 Å². The minimum atomic E-state index is -0.506. The maximum Gasteiger partial charge on any atom is 0.338 e. The van der Waals surface area contributed by atoms with Crippen LogP contribution in [0.25, 0.3) is 11.1 Å². The number of hydrogen-bond acceptors (Lipinski definition) is 4. The fourth-order valence-corrected chi connectivity index (χ4v) is 5.04. The number of carbonyl (C=O) groups is 2. The van der Waals surface area contributed by atoms with E-state index in [1.165, 1.54) is 22.3 Å². The van der Waals surface area contributed by atoms with E-state index in [4.69, 9.17) is 9.47 Å². The van der Waals surface area contributed by atoms with E-state index in [-0.39, 0.29) is 13.2 Å². The van der Waals surface area contributed by atoms with Crippen molar-refractivity contribution in [3.8, 4) is 11.1 Å². The van der Waals surface area contributed by atoms with Crippen LogP contribution < -0.4 is 0 Å².